The van der Waals surface area contributed by atoms with E-state index in [1.54, 1.807) is 0 Å². The fourth-order valence-electron chi connectivity index (χ4n) is 8.05. The Morgan fingerprint density at radius 3 is 1.87 bits per heavy atom. The molecule has 0 aliphatic heterocycles. The van der Waals surface area contributed by atoms with E-state index in [1.807, 2.05) is 12.1 Å². The highest BCUT2D eigenvalue weighted by Gasteiger charge is 2.21. The Morgan fingerprint density at radius 2 is 0.962 bits per heavy atom. The molecule has 248 valence electrons. The van der Waals surface area contributed by atoms with Crippen LogP contribution >= 0.6 is 0 Å². The monoisotopic (exact) mass is 677 g/mol. The van der Waals surface area contributed by atoms with Gasteiger partial charge < -0.3 is 13.7 Å². The molecule has 0 amide bonds. The van der Waals surface area contributed by atoms with Gasteiger partial charge in [-0.15, -0.1) is 0 Å². The molecule has 0 bridgehead atoms. The molecule has 9 aromatic carbocycles. The van der Waals surface area contributed by atoms with E-state index >= 15 is 0 Å². The first kappa shape index (κ1) is 29.6. The minimum atomic E-state index is 0.859. The highest BCUT2D eigenvalue weighted by Crippen LogP contribution is 2.45. The van der Waals surface area contributed by atoms with Crippen LogP contribution in [0.5, 0.6) is 0 Å². The van der Waals surface area contributed by atoms with Crippen molar-refractivity contribution >= 4 is 82.5 Å². The lowest BCUT2D eigenvalue weighted by Crippen LogP contribution is -2.10. The first-order valence-corrected chi connectivity index (χ1v) is 18.0. The van der Waals surface area contributed by atoms with Crippen LogP contribution in [0.3, 0.4) is 0 Å². The van der Waals surface area contributed by atoms with Crippen LogP contribution in [0.1, 0.15) is 0 Å². The number of fused-ring (bicyclic) bond motifs is 9. The van der Waals surface area contributed by atoms with E-state index in [9.17, 15) is 0 Å². The Kier molecular flexibility index (Phi) is 6.55. The lowest BCUT2D eigenvalue weighted by atomic mass is 10.00. The van der Waals surface area contributed by atoms with Crippen LogP contribution < -0.4 is 4.90 Å². The molecule has 0 aliphatic rings. The Labute approximate surface area is 305 Å². The van der Waals surface area contributed by atoms with E-state index in [4.69, 9.17) is 8.83 Å². The fourth-order valence-corrected chi connectivity index (χ4v) is 8.05. The van der Waals surface area contributed by atoms with Crippen molar-refractivity contribution in [2.45, 2.75) is 0 Å². The van der Waals surface area contributed by atoms with Crippen LogP contribution in [0, 0.1) is 0 Å². The maximum atomic E-state index is 6.66. The molecule has 0 fully saturated rings. The lowest BCUT2D eigenvalue weighted by Gasteiger charge is -2.27. The summed E-state index contributed by atoms with van der Waals surface area (Å²) in [6.45, 7) is 0. The second-order valence-corrected chi connectivity index (χ2v) is 13.7. The van der Waals surface area contributed by atoms with E-state index in [1.165, 1.54) is 21.9 Å². The fraction of sp³-hybridized carbons (Fsp3) is 0. The minimum absolute atomic E-state index is 0.859. The summed E-state index contributed by atoms with van der Waals surface area (Å²) in [6.07, 6.45) is 0. The molecule has 0 radical (unpaired) electrons. The summed E-state index contributed by atoms with van der Waals surface area (Å²) in [4.78, 5) is 2.36. The number of hydrogen-bond acceptors (Lipinski definition) is 3. The predicted molar refractivity (Wildman–Crippen MR) is 222 cm³/mol. The summed E-state index contributed by atoms with van der Waals surface area (Å²) in [6, 6.07) is 66.9. The smallest absolute Gasteiger partial charge is 0.143 e. The molecular weight excluding hydrogens is 647 g/mol. The Hall–Kier alpha value is -7.10. The Bertz CT molecular complexity index is 3180. The average molecular weight is 678 g/mol. The van der Waals surface area contributed by atoms with Crippen LogP contribution in [0.15, 0.2) is 197 Å². The third-order valence-electron chi connectivity index (χ3n) is 10.6. The van der Waals surface area contributed by atoms with Gasteiger partial charge in [0.1, 0.15) is 22.3 Å². The third-order valence-corrected chi connectivity index (χ3v) is 10.6. The predicted octanol–water partition coefficient (Wildman–Crippen LogP) is 14.6. The molecular formula is C50H31NO2. The number of hydrogen-bond donors (Lipinski definition) is 0. The molecule has 11 aromatic rings. The van der Waals surface area contributed by atoms with Crippen molar-refractivity contribution in [1.29, 1.82) is 0 Å². The molecule has 0 atom stereocenters. The maximum Gasteiger partial charge on any atom is 0.143 e. The lowest BCUT2D eigenvalue weighted by molar-refractivity contribution is 0.669. The highest BCUT2D eigenvalue weighted by atomic mass is 16.3. The molecule has 0 saturated heterocycles. The number of benzene rings is 9. The quantitative estimate of drug-likeness (QED) is 0.182. The molecule has 0 unspecified atom stereocenters. The van der Waals surface area contributed by atoms with Crippen LogP contribution in [0.25, 0.3) is 87.7 Å². The molecule has 3 nitrogen and oxygen atoms in total. The molecule has 2 aromatic heterocycles. The SMILES string of the molecule is c1cc(-c2ccc3c(c2)oc2ccccc23)cc(N(c2ccc(-c3ccc4ccccc4c3)cc2)c2cccc3oc4c5ccccc5ccc4c23)c1. The summed E-state index contributed by atoms with van der Waals surface area (Å²) in [5.74, 6) is 0. The van der Waals surface area contributed by atoms with Crippen molar-refractivity contribution in [3.05, 3.63) is 188 Å². The van der Waals surface area contributed by atoms with Crippen LogP contribution in [-0.4, -0.2) is 0 Å². The van der Waals surface area contributed by atoms with Crippen molar-refractivity contribution in [3.8, 4) is 22.3 Å². The number of para-hydroxylation sites is 1. The van der Waals surface area contributed by atoms with Crippen molar-refractivity contribution in [2.75, 3.05) is 4.90 Å². The minimum Gasteiger partial charge on any atom is -0.456 e. The van der Waals surface area contributed by atoms with Crippen LogP contribution in [0.4, 0.5) is 17.1 Å². The number of anilines is 3. The highest BCUT2D eigenvalue weighted by molar-refractivity contribution is 6.19. The van der Waals surface area contributed by atoms with Crippen molar-refractivity contribution in [2.24, 2.45) is 0 Å². The molecule has 11 rings (SSSR count). The van der Waals surface area contributed by atoms with Gasteiger partial charge in [0.05, 0.1) is 11.1 Å². The van der Waals surface area contributed by atoms with Crippen molar-refractivity contribution < 1.29 is 8.83 Å². The normalized spacial score (nSPS) is 11.8. The zero-order chi connectivity index (χ0) is 34.9. The number of rotatable bonds is 5. The topological polar surface area (TPSA) is 29.5 Å². The number of nitrogens with zero attached hydrogens (tertiary/aromatic N) is 1. The van der Waals surface area contributed by atoms with Gasteiger partial charge in [0.15, 0.2) is 0 Å². The first-order valence-electron chi connectivity index (χ1n) is 18.0. The van der Waals surface area contributed by atoms with Gasteiger partial charge in [-0.2, -0.15) is 0 Å². The van der Waals surface area contributed by atoms with Gasteiger partial charge >= 0.3 is 0 Å². The molecule has 0 N–H and O–H groups in total. The molecule has 0 aliphatic carbocycles. The molecule has 0 spiro atoms. The van der Waals surface area contributed by atoms with Gasteiger partial charge in [0.25, 0.3) is 0 Å². The van der Waals surface area contributed by atoms with Gasteiger partial charge in [-0.3, -0.25) is 0 Å². The van der Waals surface area contributed by atoms with Gasteiger partial charge in [0.2, 0.25) is 0 Å². The van der Waals surface area contributed by atoms with Gasteiger partial charge in [-0.1, -0.05) is 121 Å². The second-order valence-electron chi connectivity index (χ2n) is 13.7. The summed E-state index contributed by atoms with van der Waals surface area (Å²) < 4.78 is 13.0. The molecule has 0 saturated carbocycles. The van der Waals surface area contributed by atoms with E-state index in [2.05, 4.69) is 181 Å². The van der Waals surface area contributed by atoms with E-state index < -0.39 is 0 Å². The summed E-state index contributed by atoms with van der Waals surface area (Å²) in [7, 11) is 0. The average Bonchev–Trinajstić information content (AvgIpc) is 3.80. The summed E-state index contributed by atoms with van der Waals surface area (Å²) in [5, 5.41) is 9.19. The summed E-state index contributed by atoms with van der Waals surface area (Å²) >= 11 is 0. The van der Waals surface area contributed by atoms with E-state index in [-0.39, 0.29) is 0 Å². The largest absolute Gasteiger partial charge is 0.456 e. The standard InChI is InChI=1S/C50H31NO2/c1-2-11-35-29-37(20-19-32(35)9-1)33-21-25-39(26-22-33)51(45-16-8-18-47-49(45)44-28-23-34-10-3-4-14-41(34)50(44)53-47)40-13-7-12-36(30-40)38-24-27-43-42-15-5-6-17-46(42)52-48(43)31-38/h1-31H. The summed E-state index contributed by atoms with van der Waals surface area (Å²) in [5.41, 5.74) is 11.3. The van der Waals surface area contributed by atoms with Crippen molar-refractivity contribution in [3.63, 3.8) is 0 Å². The Balaban J connectivity index is 1.09. The van der Waals surface area contributed by atoms with E-state index in [0.29, 0.717) is 0 Å². The van der Waals surface area contributed by atoms with Gasteiger partial charge in [-0.05, 0) is 105 Å². The van der Waals surface area contributed by atoms with Gasteiger partial charge in [-0.25, -0.2) is 0 Å². The van der Waals surface area contributed by atoms with Crippen molar-refractivity contribution in [1.82, 2.24) is 0 Å². The number of furan rings is 2. The molecule has 53 heavy (non-hydrogen) atoms. The first-order chi connectivity index (χ1) is 26.2. The maximum absolute atomic E-state index is 6.66. The van der Waals surface area contributed by atoms with Crippen LogP contribution in [0.2, 0.25) is 0 Å². The second kappa shape index (κ2) is 11.7. The molecule has 3 heteroatoms. The zero-order valence-corrected chi connectivity index (χ0v) is 28.7. The zero-order valence-electron chi connectivity index (χ0n) is 28.7. The van der Waals surface area contributed by atoms with Crippen LogP contribution in [-0.2, 0) is 0 Å². The van der Waals surface area contributed by atoms with E-state index in [0.717, 1.165) is 82.8 Å². The molecule has 2 heterocycles. The van der Waals surface area contributed by atoms with Gasteiger partial charge in [0, 0.05) is 32.9 Å². The third kappa shape index (κ3) is 4.82. The Morgan fingerprint density at radius 1 is 0.321 bits per heavy atom.